The number of furan rings is 1. The molecule has 1 aromatic heterocycles. The lowest BCUT2D eigenvalue weighted by Crippen LogP contribution is -2.15. The largest absolute Gasteiger partial charge is 0.446 e. The Morgan fingerprint density at radius 2 is 1.64 bits per heavy atom. The first kappa shape index (κ1) is 14.5. The second-order valence-electron chi connectivity index (χ2n) is 6.70. The van der Waals surface area contributed by atoms with Gasteiger partial charge in [-0.2, -0.15) is 0 Å². The number of para-hydroxylation sites is 1. The molecule has 0 saturated carbocycles. The van der Waals surface area contributed by atoms with Crippen molar-refractivity contribution in [1.82, 2.24) is 0 Å². The molecule has 0 bridgehead atoms. The average Bonchev–Trinajstić information content (AvgIpc) is 3.06. The van der Waals surface area contributed by atoms with Crippen LogP contribution in [0.2, 0.25) is 0 Å². The van der Waals surface area contributed by atoms with Crippen molar-refractivity contribution in [3.05, 3.63) is 65.4 Å². The Hall–Kier alpha value is -2.88. The first-order chi connectivity index (χ1) is 12.3. The van der Waals surface area contributed by atoms with E-state index in [9.17, 15) is 0 Å². The Labute approximate surface area is 146 Å². The first-order valence-electron chi connectivity index (χ1n) is 8.83. The van der Waals surface area contributed by atoms with Gasteiger partial charge in [-0.15, -0.1) is 10.2 Å². The van der Waals surface area contributed by atoms with Crippen LogP contribution in [0.5, 0.6) is 0 Å². The predicted molar refractivity (Wildman–Crippen MR) is 98.9 cm³/mol. The highest BCUT2D eigenvalue weighted by Gasteiger charge is 2.28. The van der Waals surface area contributed by atoms with Crippen LogP contribution in [0.4, 0.5) is 28.6 Å². The third-order valence-corrected chi connectivity index (χ3v) is 5.20. The number of benzene rings is 2. The van der Waals surface area contributed by atoms with Crippen LogP contribution < -0.4 is 4.90 Å². The number of hydrogen-bond acceptors (Lipinski definition) is 4. The van der Waals surface area contributed by atoms with Gasteiger partial charge < -0.3 is 4.42 Å². The molecule has 124 valence electrons. The lowest BCUT2D eigenvalue weighted by atomic mass is 9.87. The summed E-state index contributed by atoms with van der Waals surface area (Å²) >= 11 is 0. The van der Waals surface area contributed by atoms with E-state index in [2.05, 4.69) is 40.3 Å². The zero-order chi connectivity index (χ0) is 16.8. The molecule has 4 nitrogen and oxygen atoms in total. The van der Waals surface area contributed by atoms with Crippen molar-refractivity contribution in [1.29, 1.82) is 0 Å². The summed E-state index contributed by atoms with van der Waals surface area (Å²) in [6.07, 6.45) is 6.45. The fraction of sp³-hybridized carbons (Fsp3) is 0.238. The number of nitrogens with zero attached hydrogens (tertiary/aromatic N) is 3. The minimum Gasteiger partial charge on any atom is -0.446 e. The van der Waals surface area contributed by atoms with Gasteiger partial charge in [0.1, 0.15) is 11.4 Å². The Bertz CT molecular complexity index is 987. The molecule has 4 heteroatoms. The standard InChI is InChI=1S/C21H19N3O/c1-14-10-11-19(16-7-3-2-6-15(14)16)24-20-9-5-4-8-17(20)22-23-18-12-13-25-21(18)24/h4-5,8-13H,2-3,6-7H2,1H3. The number of anilines is 3. The molecule has 0 radical (unpaired) electrons. The highest BCUT2D eigenvalue weighted by Crippen LogP contribution is 2.49. The van der Waals surface area contributed by atoms with Crippen LogP contribution in [-0.2, 0) is 12.8 Å². The lowest BCUT2D eigenvalue weighted by Gasteiger charge is -2.29. The molecule has 0 N–H and O–H groups in total. The van der Waals surface area contributed by atoms with E-state index in [1.807, 2.05) is 24.3 Å². The first-order valence-corrected chi connectivity index (χ1v) is 8.83. The van der Waals surface area contributed by atoms with Crippen LogP contribution in [0.3, 0.4) is 0 Å². The van der Waals surface area contributed by atoms with Gasteiger partial charge in [-0.05, 0) is 67.5 Å². The minimum absolute atomic E-state index is 0.741. The zero-order valence-corrected chi connectivity index (χ0v) is 14.2. The maximum atomic E-state index is 5.85. The maximum Gasteiger partial charge on any atom is 0.232 e. The van der Waals surface area contributed by atoms with E-state index in [4.69, 9.17) is 4.42 Å². The molecular weight excluding hydrogens is 310 g/mol. The summed E-state index contributed by atoms with van der Waals surface area (Å²) in [5.41, 5.74) is 8.14. The van der Waals surface area contributed by atoms with E-state index >= 15 is 0 Å². The molecule has 0 amide bonds. The molecule has 0 fully saturated rings. The molecule has 0 unspecified atom stereocenters. The molecule has 2 aliphatic rings. The van der Waals surface area contributed by atoms with E-state index in [1.54, 1.807) is 6.26 Å². The van der Waals surface area contributed by atoms with Gasteiger partial charge in [0.15, 0.2) is 0 Å². The highest BCUT2D eigenvalue weighted by molar-refractivity contribution is 5.87. The molecule has 25 heavy (non-hydrogen) atoms. The SMILES string of the molecule is Cc1ccc(N2c3ccccc3N=Nc3ccoc32)c2c1CCCC2. The monoisotopic (exact) mass is 329 g/mol. The zero-order valence-electron chi connectivity index (χ0n) is 14.2. The summed E-state index contributed by atoms with van der Waals surface area (Å²) < 4.78 is 5.85. The van der Waals surface area contributed by atoms with Gasteiger partial charge >= 0.3 is 0 Å². The van der Waals surface area contributed by atoms with E-state index in [-0.39, 0.29) is 0 Å². The predicted octanol–water partition coefficient (Wildman–Crippen LogP) is 6.67. The van der Waals surface area contributed by atoms with Crippen molar-refractivity contribution in [3.8, 4) is 0 Å². The molecule has 0 spiro atoms. The van der Waals surface area contributed by atoms with Crippen LogP contribution in [0.25, 0.3) is 0 Å². The molecule has 0 atom stereocenters. The molecule has 5 rings (SSSR count). The molecule has 0 saturated heterocycles. The fourth-order valence-corrected chi connectivity index (χ4v) is 3.97. The van der Waals surface area contributed by atoms with E-state index in [0.717, 1.165) is 35.8 Å². The second-order valence-corrected chi connectivity index (χ2v) is 6.70. The molecular formula is C21H19N3O. The van der Waals surface area contributed by atoms with E-state index in [0.29, 0.717) is 0 Å². The van der Waals surface area contributed by atoms with Crippen molar-refractivity contribution in [2.45, 2.75) is 32.6 Å². The lowest BCUT2D eigenvalue weighted by molar-refractivity contribution is 0.573. The van der Waals surface area contributed by atoms with Gasteiger partial charge in [-0.3, -0.25) is 4.90 Å². The van der Waals surface area contributed by atoms with Crippen LogP contribution >= 0.6 is 0 Å². The third-order valence-electron chi connectivity index (χ3n) is 5.20. The molecule has 2 aromatic carbocycles. The van der Waals surface area contributed by atoms with Crippen LogP contribution in [0.15, 0.2) is 63.4 Å². The van der Waals surface area contributed by atoms with Crippen LogP contribution in [-0.4, -0.2) is 0 Å². The highest BCUT2D eigenvalue weighted by atomic mass is 16.3. The topological polar surface area (TPSA) is 41.1 Å². The number of azo groups is 1. The van der Waals surface area contributed by atoms with Crippen LogP contribution in [0.1, 0.15) is 29.5 Å². The van der Waals surface area contributed by atoms with Gasteiger partial charge in [0.05, 0.1) is 17.6 Å². The fourth-order valence-electron chi connectivity index (χ4n) is 3.97. The van der Waals surface area contributed by atoms with Gasteiger partial charge in [0.2, 0.25) is 5.88 Å². The number of fused-ring (bicyclic) bond motifs is 3. The summed E-state index contributed by atoms with van der Waals surface area (Å²) in [5.74, 6) is 0.741. The summed E-state index contributed by atoms with van der Waals surface area (Å²) in [6, 6.07) is 14.4. The van der Waals surface area contributed by atoms with E-state index < -0.39 is 0 Å². The average molecular weight is 329 g/mol. The van der Waals surface area contributed by atoms with E-state index in [1.165, 1.54) is 35.2 Å². The van der Waals surface area contributed by atoms with Crippen molar-refractivity contribution in [2.75, 3.05) is 4.90 Å². The number of hydrogen-bond donors (Lipinski definition) is 0. The van der Waals surface area contributed by atoms with Crippen molar-refractivity contribution >= 4 is 28.6 Å². The third kappa shape index (κ3) is 2.21. The Balaban J connectivity index is 1.80. The molecule has 1 aliphatic carbocycles. The second kappa shape index (κ2) is 5.59. The molecule has 1 aliphatic heterocycles. The summed E-state index contributed by atoms with van der Waals surface area (Å²) in [4.78, 5) is 2.19. The smallest absolute Gasteiger partial charge is 0.232 e. The quantitative estimate of drug-likeness (QED) is 0.391. The normalized spacial score (nSPS) is 15.3. The molecule has 3 aromatic rings. The maximum absolute atomic E-state index is 5.85. The Kier molecular flexibility index (Phi) is 3.23. The van der Waals surface area contributed by atoms with Crippen molar-refractivity contribution < 1.29 is 4.42 Å². The van der Waals surface area contributed by atoms with Crippen molar-refractivity contribution in [2.24, 2.45) is 10.2 Å². The van der Waals surface area contributed by atoms with Crippen molar-refractivity contribution in [3.63, 3.8) is 0 Å². The van der Waals surface area contributed by atoms with Crippen LogP contribution in [0, 0.1) is 6.92 Å². The number of rotatable bonds is 1. The summed E-state index contributed by atoms with van der Waals surface area (Å²) in [6.45, 7) is 2.22. The minimum atomic E-state index is 0.741. The number of aryl methyl sites for hydroxylation is 1. The van der Waals surface area contributed by atoms with Gasteiger partial charge in [0, 0.05) is 6.07 Å². The molecule has 2 heterocycles. The van der Waals surface area contributed by atoms with Gasteiger partial charge in [-0.1, -0.05) is 18.2 Å². The summed E-state index contributed by atoms with van der Waals surface area (Å²) in [7, 11) is 0. The Morgan fingerprint density at radius 3 is 2.56 bits per heavy atom. The van der Waals surface area contributed by atoms with Gasteiger partial charge in [0.25, 0.3) is 0 Å². The van der Waals surface area contributed by atoms with Gasteiger partial charge in [-0.25, -0.2) is 0 Å². The summed E-state index contributed by atoms with van der Waals surface area (Å²) in [5, 5.41) is 8.81. The Morgan fingerprint density at radius 1 is 0.840 bits per heavy atom.